The molecule has 0 bridgehead atoms. The van der Waals surface area contributed by atoms with E-state index in [9.17, 15) is 4.79 Å². The van der Waals surface area contributed by atoms with Crippen LogP contribution in [0.25, 0.3) is 22.6 Å². The van der Waals surface area contributed by atoms with Crippen LogP contribution >= 0.6 is 11.6 Å². The van der Waals surface area contributed by atoms with Crippen molar-refractivity contribution in [3.8, 4) is 23.0 Å². The predicted octanol–water partition coefficient (Wildman–Crippen LogP) is 5.48. The Morgan fingerprint density at radius 1 is 1.10 bits per heavy atom. The number of hydrogen-bond acceptors (Lipinski definition) is 5. The zero-order valence-corrected chi connectivity index (χ0v) is 17.2. The van der Waals surface area contributed by atoms with Crippen LogP contribution in [0.4, 0.5) is 5.69 Å². The number of ether oxygens (including phenoxy) is 2. The molecule has 0 aliphatic rings. The smallest absolute Gasteiger partial charge is 0.262 e. The molecule has 0 aliphatic carbocycles. The molecule has 0 saturated carbocycles. The van der Waals surface area contributed by atoms with Gasteiger partial charge in [0.15, 0.2) is 12.2 Å². The lowest BCUT2D eigenvalue weighted by atomic mass is 10.2. The van der Waals surface area contributed by atoms with E-state index in [2.05, 4.69) is 10.3 Å². The first kappa shape index (κ1) is 19.8. The van der Waals surface area contributed by atoms with Gasteiger partial charge in [0.05, 0.1) is 12.1 Å². The SMILES string of the molecule is COc1ccc(-c2nc3cc(NC(=O)COc4ccc(C)cc4)ccc3o2)cc1Cl. The van der Waals surface area contributed by atoms with Crippen molar-refractivity contribution in [2.75, 3.05) is 19.0 Å². The summed E-state index contributed by atoms with van der Waals surface area (Å²) in [5.74, 6) is 1.39. The molecule has 3 aromatic carbocycles. The number of amides is 1. The predicted molar refractivity (Wildman–Crippen MR) is 116 cm³/mol. The van der Waals surface area contributed by atoms with Crippen molar-refractivity contribution in [1.82, 2.24) is 4.98 Å². The van der Waals surface area contributed by atoms with E-state index >= 15 is 0 Å². The second-order valence-electron chi connectivity index (χ2n) is 6.70. The van der Waals surface area contributed by atoms with E-state index in [1.54, 1.807) is 37.4 Å². The number of nitrogens with zero attached hydrogens (tertiary/aromatic N) is 1. The van der Waals surface area contributed by atoms with Crippen molar-refractivity contribution in [2.45, 2.75) is 6.92 Å². The highest BCUT2D eigenvalue weighted by Gasteiger charge is 2.12. The van der Waals surface area contributed by atoms with Crippen molar-refractivity contribution in [3.63, 3.8) is 0 Å². The van der Waals surface area contributed by atoms with Gasteiger partial charge in [0, 0.05) is 11.3 Å². The molecule has 1 aromatic heterocycles. The van der Waals surface area contributed by atoms with Crippen molar-refractivity contribution in [2.24, 2.45) is 0 Å². The lowest BCUT2D eigenvalue weighted by Gasteiger charge is -2.07. The minimum atomic E-state index is -0.263. The van der Waals surface area contributed by atoms with Gasteiger partial charge in [0.25, 0.3) is 5.91 Å². The maximum atomic E-state index is 12.2. The Hall–Kier alpha value is -3.51. The van der Waals surface area contributed by atoms with E-state index in [1.807, 2.05) is 37.3 Å². The topological polar surface area (TPSA) is 73.6 Å². The van der Waals surface area contributed by atoms with E-state index in [4.69, 9.17) is 25.5 Å². The van der Waals surface area contributed by atoms with E-state index in [-0.39, 0.29) is 12.5 Å². The van der Waals surface area contributed by atoms with Crippen molar-refractivity contribution in [1.29, 1.82) is 0 Å². The zero-order valence-electron chi connectivity index (χ0n) is 16.4. The third-order valence-corrected chi connectivity index (χ3v) is 4.76. The molecule has 1 amide bonds. The first-order chi connectivity index (χ1) is 14.5. The summed E-state index contributed by atoms with van der Waals surface area (Å²) in [5, 5.41) is 3.28. The van der Waals surface area contributed by atoms with Crippen LogP contribution in [-0.4, -0.2) is 24.6 Å². The molecule has 152 valence electrons. The molecule has 0 aliphatic heterocycles. The second-order valence-corrected chi connectivity index (χ2v) is 7.11. The van der Waals surface area contributed by atoms with Crippen LogP contribution in [0.1, 0.15) is 5.56 Å². The summed E-state index contributed by atoms with van der Waals surface area (Å²) in [4.78, 5) is 16.7. The number of hydrogen-bond donors (Lipinski definition) is 1. The minimum Gasteiger partial charge on any atom is -0.495 e. The van der Waals surface area contributed by atoms with Gasteiger partial charge in [-0.05, 0) is 55.5 Å². The molecular formula is C23H19ClN2O4. The van der Waals surface area contributed by atoms with E-state index in [1.165, 1.54) is 0 Å². The number of methoxy groups -OCH3 is 1. The lowest BCUT2D eigenvalue weighted by molar-refractivity contribution is -0.118. The number of nitrogens with one attached hydrogen (secondary N) is 1. The van der Waals surface area contributed by atoms with Gasteiger partial charge >= 0.3 is 0 Å². The Kier molecular flexibility index (Phi) is 5.59. The number of aromatic nitrogens is 1. The number of anilines is 1. The van der Waals surface area contributed by atoms with Gasteiger partial charge in [0.2, 0.25) is 5.89 Å². The number of carbonyl (C=O) groups is 1. The van der Waals surface area contributed by atoms with Crippen LogP contribution in [0, 0.1) is 6.92 Å². The quantitative estimate of drug-likeness (QED) is 0.445. The van der Waals surface area contributed by atoms with Crippen LogP contribution < -0.4 is 14.8 Å². The van der Waals surface area contributed by atoms with Crippen LogP contribution in [0.3, 0.4) is 0 Å². The van der Waals surface area contributed by atoms with Crippen LogP contribution in [-0.2, 0) is 4.79 Å². The van der Waals surface area contributed by atoms with Crippen molar-refractivity contribution >= 4 is 34.3 Å². The average Bonchev–Trinajstić information content (AvgIpc) is 3.17. The van der Waals surface area contributed by atoms with Crippen molar-refractivity contribution < 1.29 is 18.7 Å². The normalized spacial score (nSPS) is 10.8. The number of rotatable bonds is 6. The first-order valence-corrected chi connectivity index (χ1v) is 9.63. The molecule has 6 nitrogen and oxygen atoms in total. The van der Waals surface area contributed by atoms with Crippen LogP contribution in [0.5, 0.6) is 11.5 Å². The molecule has 0 fully saturated rings. The summed E-state index contributed by atoms with van der Waals surface area (Å²) in [5.41, 5.74) is 3.69. The summed E-state index contributed by atoms with van der Waals surface area (Å²) in [6, 6.07) is 18.1. The fourth-order valence-corrected chi connectivity index (χ4v) is 3.17. The fraction of sp³-hybridized carbons (Fsp3) is 0.130. The summed E-state index contributed by atoms with van der Waals surface area (Å²) < 4.78 is 16.5. The van der Waals surface area contributed by atoms with Gasteiger partial charge < -0.3 is 19.2 Å². The largest absolute Gasteiger partial charge is 0.495 e. The first-order valence-electron chi connectivity index (χ1n) is 9.25. The van der Waals surface area contributed by atoms with E-state index < -0.39 is 0 Å². The third kappa shape index (κ3) is 4.39. The summed E-state index contributed by atoms with van der Waals surface area (Å²) in [6.07, 6.45) is 0. The van der Waals surface area contributed by atoms with Crippen LogP contribution in [0.15, 0.2) is 65.1 Å². The number of fused-ring (bicyclic) bond motifs is 1. The Bertz CT molecular complexity index is 1200. The number of aryl methyl sites for hydroxylation is 1. The third-order valence-electron chi connectivity index (χ3n) is 4.46. The summed E-state index contributed by atoms with van der Waals surface area (Å²) >= 11 is 6.19. The monoisotopic (exact) mass is 422 g/mol. The average molecular weight is 423 g/mol. The van der Waals surface area contributed by atoms with Gasteiger partial charge in [-0.25, -0.2) is 4.98 Å². The Morgan fingerprint density at radius 3 is 2.63 bits per heavy atom. The number of benzene rings is 3. The minimum absolute atomic E-state index is 0.0878. The zero-order chi connectivity index (χ0) is 21.1. The molecule has 4 rings (SSSR count). The van der Waals surface area contributed by atoms with E-state index in [0.29, 0.717) is 39.2 Å². The molecule has 0 radical (unpaired) electrons. The number of halogens is 1. The Morgan fingerprint density at radius 2 is 1.90 bits per heavy atom. The Balaban J connectivity index is 1.46. The molecule has 0 saturated heterocycles. The highest BCUT2D eigenvalue weighted by molar-refractivity contribution is 6.32. The number of carbonyl (C=O) groups excluding carboxylic acids is 1. The Labute approximate surface area is 178 Å². The molecule has 0 atom stereocenters. The maximum Gasteiger partial charge on any atom is 0.262 e. The van der Waals surface area contributed by atoms with Gasteiger partial charge in [-0.3, -0.25) is 4.79 Å². The molecular weight excluding hydrogens is 404 g/mol. The van der Waals surface area contributed by atoms with Crippen LogP contribution in [0.2, 0.25) is 5.02 Å². The van der Waals surface area contributed by atoms with Gasteiger partial charge in [0.1, 0.15) is 17.0 Å². The molecule has 30 heavy (non-hydrogen) atoms. The molecule has 0 unspecified atom stereocenters. The second kappa shape index (κ2) is 8.47. The standard InChI is InChI=1S/C23H19ClN2O4/c1-14-3-7-17(8-4-14)29-13-22(27)25-16-6-10-21-19(12-16)26-23(30-21)15-5-9-20(28-2)18(24)11-15/h3-12H,13H2,1-2H3,(H,25,27). The molecule has 4 aromatic rings. The van der Waals surface area contributed by atoms with E-state index in [0.717, 1.165) is 11.1 Å². The summed E-state index contributed by atoms with van der Waals surface area (Å²) in [7, 11) is 1.56. The highest BCUT2D eigenvalue weighted by atomic mass is 35.5. The van der Waals surface area contributed by atoms with Gasteiger partial charge in [-0.2, -0.15) is 0 Å². The maximum absolute atomic E-state index is 12.2. The van der Waals surface area contributed by atoms with Crippen molar-refractivity contribution in [3.05, 3.63) is 71.2 Å². The molecule has 1 N–H and O–H groups in total. The molecule has 0 spiro atoms. The fourth-order valence-electron chi connectivity index (χ4n) is 2.91. The summed E-state index contributed by atoms with van der Waals surface area (Å²) in [6.45, 7) is 1.90. The molecule has 1 heterocycles. The van der Waals surface area contributed by atoms with Gasteiger partial charge in [-0.1, -0.05) is 29.3 Å². The van der Waals surface area contributed by atoms with Gasteiger partial charge in [-0.15, -0.1) is 0 Å². The number of oxazole rings is 1. The molecule has 7 heteroatoms. The highest BCUT2D eigenvalue weighted by Crippen LogP contribution is 2.32. The lowest BCUT2D eigenvalue weighted by Crippen LogP contribution is -2.20.